The van der Waals surface area contributed by atoms with E-state index in [0.717, 1.165) is 0 Å². The Labute approximate surface area is 83.0 Å². The smallest absolute Gasteiger partial charge is 0.194 e. The topological polar surface area (TPSA) is 34.1 Å². The molecule has 0 bridgehead atoms. The van der Waals surface area contributed by atoms with Gasteiger partial charge < -0.3 is 0 Å². The number of hydrogen-bond acceptors (Lipinski definition) is 2. The highest BCUT2D eigenvalue weighted by Gasteiger charge is 2.23. The van der Waals surface area contributed by atoms with Gasteiger partial charge in [0.25, 0.3) is 0 Å². The monoisotopic (exact) mass is 214 g/mol. The second-order valence-electron chi connectivity index (χ2n) is 3.70. The van der Waals surface area contributed by atoms with E-state index in [1.165, 1.54) is 18.4 Å². The maximum absolute atomic E-state index is 12.3. The van der Waals surface area contributed by atoms with E-state index in [-0.39, 0.29) is 0 Å². The highest BCUT2D eigenvalue weighted by atomic mass is 32.3. The average molecular weight is 214 g/mol. The van der Waals surface area contributed by atoms with Crippen LogP contribution >= 0.6 is 0 Å². The SMILES string of the molecule is O=S(=O)(F)Cc1ccc(C2CC2)cc1. The molecule has 76 valence electrons. The predicted molar refractivity (Wildman–Crippen MR) is 52.1 cm³/mol. The van der Waals surface area contributed by atoms with Crippen LogP contribution in [-0.4, -0.2) is 8.42 Å². The molecule has 0 amide bonds. The van der Waals surface area contributed by atoms with E-state index in [2.05, 4.69) is 0 Å². The van der Waals surface area contributed by atoms with Gasteiger partial charge in [-0.25, -0.2) is 0 Å². The molecule has 0 atom stereocenters. The number of hydrogen-bond donors (Lipinski definition) is 0. The van der Waals surface area contributed by atoms with Crippen LogP contribution < -0.4 is 0 Å². The number of halogens is 1. The summed E-state index contributed by atoms with van der Waals surface area (Å²) < 4.78 is 33.0. The van der Waals surface area contributed by atoms with Gasteiger partial charge in [-0.3, -0.25) is 0 Å². The lowest BCUT2D eigenvalue weighted by Gasteiger charge is -2.00. The van der Waals surface area contributed by atoms with Gasteiger partial charge in [-0.05, 0) is 29.9 Å². The van der Waals surface area contributed by atoms with Crippen LogP contribution in [0.3, 0.4) is 0 Å². The summed E-state index contributed by atoms with van der Waals surface area (Å²) in [5, 5.41) is 0. The summed E-state index contributed by atoms with van der Waals surface area (Å²) in [6.45, 7) is 0. The Hall–Kier alpha value is -0.900. The Balaban J connectivity index is 2.13. The van der Waals surface area contributed by atoms with E-state index in [1.807, 2.05) is 12.1 Å². The van der Waals surface area contributed by atoms with Crippen molar-refractivity contribution < 1.29 is 12.3 Å². The van der Waals surface area contributed by atoms with Gasteiger partial charge in [-0.2, -0.15) is 8.42 Å². The third kappa shape index (κ3) is 2.54. The van der Waals surface area contributed by atoms with Crippen LogP contribution in [0.4, 0.5) is 3.89 Å². The Kier molecular flexibility index (Phi) is 2.31. The minimum atomic E-state index is -4.39. The van der Waals surface area contributed by atoms with E-state index in [4.69, 9.17) is 0 Å². The van der Waals surface area contributed by atoms with Gasteiger partial charge in [-0.15, -0.1) is 3.89 Å². The molecular formula is C10H11FO2S. The van der Waals surface area contributed by atoms with E-state index in [0.29, 0.717) is 11.5 Å². The summed E-state index contributed by atoms with van der Waals surface area (Å²) in [4.78, 5) is 0. The Bertz CT molecular complexity index is 418. The molecule has 1 aromatic carbocycles. The Morgan fingerprint density at radius 1 is 1.21 bits per heavy atom. The molecule has 2 rings (SSSR count). The summed E-state index contributed by atoms with van der Waals surface area (Å²) in [5.74, 6) is 0.129. The van der Waals surface area contributed by atoms with Crippen molar-refractivity contribution in [1.29, 1.82) is 0 Å². The molecule has 2 nitrogen and oxygen atoms in total. The summed E-state index contributed by atoms with van der Waals surface area (Å²) in [6.07, 6.45) is 2.42. The first-order valence-corrected chi connectivity index (χ1v) is 6.11. The largest absolute Gasteiger partial charge is 0.306 e. The molecule has 0 N–H and O–H groups in total. The van der Waals surface area contributed by atoms with Gasteiger partial charge >= 0.3 is 10.2 Å². The number of rotatable bonds is 3. The van der Waals surface area contributed by atoms with Crippen LogP contribution in [0.1, 0.15) is 29.9 Å². The van der Waals surface area contributed by atoms with Crippen molar-refractivity contribution >= 4 is 10.2 Å². The van der Waals surface area contributed by atoms with Gasteiger partial charge in [-0.1, -0.05) is 24.3 Å². The molecule has 0 spiro atoms. The molecule has 0 saturated heterocycles. The van der Waals surface area contributed by atoms with Gasteiger partial charge in [0, 0.05) is 0 Å². The second-order valence-corrected chi connectivity index (χ2v) is 5.07. The first kappa shape index (κ1) is 9.65. The fourth-order valence-corrected chi connectivity index (χ4v) is 2.09. The van der Waals surface area contributed by atoms with Gasteiger partial charge in [0.15, 0.2) is 0 Å². The average Bonchev–Trinajstić information content (AvgIpc) is 2.85. The fraction of sp³-hybridized carbons (Fsp3) is 0.400. The molecule has 4 heteroatoms. The molecule has 0 unspecified atom stereocenters. The highest BCUT2D eigenvalue weighted by Crippen LogP contribution is 2.39. The maximum Gasteiger partial charge on any atom is 0.306 e. The van der Waals surface area contributed by atoms with Crippen molar-refractivity contribution in [2.75, 3.05) is 0 Å². The van der Waals surface area contributed by atoms with Crippen molar-refractivity contribution in [3.63, 3.8) is 0 Å². The van der Waals surface area contributed by atoms with E-state index in [1.54, 1.807) is 12.1 Å². The number of benzene rings is 1. The quantitative estimate of drug-likeness (QED) is 0.724. The Morgan fingerprint density at radius 3 is 2.21 bits per heavy atom. The first-order chi connectivity index (χ1) is 6.54. The third-order valence-corrected chi connectivity index (χ3v) is 3.05. The zero-order chi connectivity index (χ0) is 10.2. The molecule has 1 aliphatic rings. The lowest BCUT2D eigenvalue weighted by atomic mass is 10.1. The maximum atomic E-state index is 12.3. The van der Waals surface area contributed by atoms with Crippen LogP contribution in [0.2, 0.25) is 0 Å². The van der Waals surface area contributed by atoms with E-state index >= 15 is 0 Å². The third-order valence-electron chi connectivity index (χ3n) is 2.37. The molecule has 1 aromatic rings. The van der Waals surface area contributed by atoms with Crippen LogP contribution in [0, 0.1) is 0 Å². The summed E-state index contributed by atoms with van der Waals surface area (Å²) in [5.41, 5.74) is 1.74. The summed E-state index contributed by atoms with van der Waals surface area (Å²) in [6, 6.07) is 7.14. The van der Waals surface area contributed by atoms with Crippen LogP contribution in [0.5, 0.6) is 0 Å². The van der Waals surface area contributed by atoms with E-state index in [9.17, 15) is 12.3 Å². The molecule has 0 aromatic heterocycles. The first-order valence-electron chi connectivity index (χ1n) is 4.56. The minimum Gasteiger partial charge on any atom is -0.194 e. The molecule has 0 radical (unpaired) electrons. The standard InChI is InChI=1S/C10H11FO2S/c11-14(12,13)7-8-1-3-9(4-2-8)10-5-6-10/h1-4,10H,5-7H2. The van der Waals surface area contributed by atoms with Crippen molar-refractivity contribution in [2.24, 2.45) is 0 Å². The van der Waals surface area contributed by atoms with Crippen LogP contribution in [-0.2, 0) is 16.0 Å². The van der Waals surface area contributed by atoms with Crippen molar-refractivity contribution in [3.8, 4) is 0 Å². The molecule has 0 aliphatic heterocycles. The molecule has 1 saturated carbocycles. The predicted octanol–water partition coefficient (Wildman–Crippen LogP) is 2.36. The zero-order valence-electron chi connectivity index (χ0n) is 7.61. The Morgan fingerprint density at radius 2 is 1.79 bits per heavy atom. The highest BCUT2D eigenvalue weighted by molar-refractivity contribution is 7.85. The molecule has 1 fully saturated rings. The normalized spacial score (nSPS) is 16.9. The minimum absolute atomic E-state index is 0.511. The van der Waals surface area contributed by atoms with Gasteiger partial charge in [0.05, 0.1) is 0 Å². The molecule has 1 aliphatic carbocycles. The van der Waals surface area contributed by atoms with Crippen LogP contribution in [0.15, 0.2) is 24.3 Å². The lowest BCUT2D eigenvalue weighted by Crippen LogP contribution is -1.96. The molecular weight excluding hydrogens is 203 g/mol. The van der Waals surface area contributed by atoms with Gasteiger partial charge in [0.1, 0.15) is 5.75 Å². The van der Waals surface area contributed by atoms with Gasteiger partial charge in [0.2, 0.25) is 0 Å². The van der Waals surface area contributed by atoms with Crippen molar-refractivity contribution in [1.82, 2.24) is 0 Å². The fourth-order valence-electron chi connectivity index (χ4n) is 1.50. The van der Waals surface area contributed by atoms with E-state index < -0.39 is 16.0 Å². The second kappa shape index (κ2) is 3.35. The molecule has 0 heterocycles. The van der Waals surface area contributed by atoms with Crippen molar-refractivity contribution in [3.05, 3.63) is 35.4 Å². The van der Waals surface area contributed by atoms with Crippen LogP contribution in [0.25, 0.3) is 0 Å². The van der Waals surface area contributed by atoms with Crippen molar-refractivity contribution in [2.45, 2.75) is 24.5 Å². The summed E-state index contributed by atoms with van der Waals surface area (Å²) >= 11 is 0. The molecule has 14 heavy (non-hydrogen) atoms. The lowest BCUT2D eigenvalue weighted by molar-refractivity contribution is 0.551. The summed E-state index contributed by atoms with van der Waals surface area (Å²) in [7, 11) is -4.39. The zero-order valence-corrected chi connectivity index (χ0v) is 8.43.